The second-order valence-corrected chi connectivity index (χ2v) is 6.06. The standard InChI is InChI=1S/C21H24F2O4/c1-5-20(24)27-18-9-7-8-17(25-6-2)16(18)12-26-19-11-14(4)13(3)10-15(19)21(22)23/h7-11,21H,5-6,12H2,1-4H3. The summed E-state index contributed by atoms with van der Waals surface area (Å²) in [6, 6.07) is 8.08. The Hall–Kier alpha value is -2.63. The summed E-state index contributed by atoms with van der Waals surface area (Å²) in [5.74, 6) is 0.494. The Morgan fingerprint density at radius 1 is 1.00 bits per heavy atom. The van der Waals surface area contributed by atoms with E-state index in [1.165, 1.54) is 6.07 Å². The van der Waals surface area contributed by atoms with E-state index in [0.29, 0.717) is 23.7 Å². The average Bonchev–Trinajstić information content (AvgIpc) is 2.63. The first-order chi connectivity index (χ1) is 12.9. The topological polar surface area (TPSA) is 44.8 Å². The lowest BCUT2D eigenvalue weighted by Gasteiger charge is -2.17. The molecule has 0 amide bonds. The molecular weight excluding hydrogens is 354 g/mol. The molecule has 0 spiro atoms. The summed E-state index contributed by atoms with van der Waals surface area (Å²) in [6.07, 6.45) is -2.44. The molecule has 0 heterocycles. The largest absolute Gasteiger partial charge is 0.493 e. The number of carbonyl (C=O) groups excluding carboxylic acids is 1. The third-order valence-corrected chi connectivity index (χ3v) is 4.14. The van der Waals surface area contributed by atoms with Crippen LogP contribution in [-0.2, 0) is 11.4 Å². The fourth-order valence-corrected chi connectivity index (χ4v) is 2.53. The first-order valence-corrected chi connectivity index (χ1v) is 8.84. The van der Waals surface area contributed by atoms with Gasteiger partial charge in [0.2, 0.25) is 0 Å². The molecule has 146 valence electrons. The molecule has 0 bridgehead atoms. The maximum atomic E-state index is 13.4. The van der Waals surface area contributed by atoms with Crippen LogP contribution in [0, 0.1) is 13.8 Å². The van der Waals surface area contributed by atoms with Crippen LogP contribution < -0.4 is 14.2 Å². The molecule has 0 aliphatic heterocycles. The van der Waals surface area contributed by atoms with Crippen molar-refractivity contribution in [3.63, 3.8) is 0 Å². The highest BCUT2D eigenvalue weighted by molar-refractivity contribution is 5.72. The van der Waals surface area contributed by atoms with E-state index in [1.54, 1.807) is 38.1 Å². The Morgan fingerprint density at radius 2 is 1.67 bits per heavy atom. The second kappa shape index (κ2) is 9.35. The molecule has 0 saturated heterocycles. The fraction of sp³-hybridized carbons (Fsp3) is 0.381. The molecule has 0 N–H and O–H groups in total. The molecule has 0 aromatic heterocycles. The molecule has 6 heteroatoms. The number of ether oxygens (including phenoxy) is 3. The number of halogens is 2. The monoisotopic (exact) mass is 378 g/mol. The Morgan fingerprint density at radius 3 is 2.30 bits per heavy atom. The van der Waals surface area contributed by atoms with E-state index >= 15 is 0 Å². The predicted molar refractivity (Wildman–Crippen MR) is 98.7 cm³/mol. The van der Waals surface area contributed by atoms with E-state index in [9.17, 15) is 13.6 Å². The van der Waals surface area contributed by atoms with Gasteiger partial charge in [-0.1, -0.05) is 13.0 Å². The van der Waals surface area contributed by atoms with Gasteiger partial charge in [-0.05, 0) is 56.2 Å². The molecular formula is C21H24F2O4. The SMILES string of the molecule is CCOc1cccc(OC(=O)CC)c1COc1cc(C)c(C)cc1C(F)F. The average molecular weight is 378 g/mol. The minimum absolute atomic E-state index is 0.0648. The molecule has 0 saturated carbocycles. The lowest BCUT2D eigenvalue weighted by Crippen LogP contribution is -2.10. The Labute approximate surface area is 158 Å². The van der Waals surface area contributed by atoms with Crippen LogP contribution in [0.5, 0.6) is 17.2 Å². The van der Waals surface area contributed by atoms with Crippen LogP contribution in [-0.4, -0.2) is 12.6 Å². The Bertz CT molecular complexity index is 803. The zero-order chi connectivity index (χ0) is 20.0. The maximum Gasteiger partial charge on any atom is 0.310 e. The third-order valence-electron chi connectivity index (χ3n) is 4.14. The molecule has 4 nitrogen and oxygen atoms in total. The first kappa shape index (κ1) is 20.7. The number of alkyl halides is 2. The van der Waals surface area contributed by atoms with Crippen molar-refractivity contribution in [2.45, 2.75) is 47.1 Å². The van der Waals surface area contributed by atoms with Crippen molar-refractivity contribution in [3.8, 4) is 17.2 Å². The quantitative estimate of drug-likeness (QED) is 0.447. The number of benzene rings is 2. The van der Waals surface area contributed by atoms with Gasteiger partial charge in [-0.15, -0.1) is 0 Å². The van der Waals surface area contributed by atoms with Crippen LogP contribution >= 0.6 is 0 Å². The fourth-order valence-electron chi connectivity index (χ4n) is 2.53. The van der Waals surface area contributed by atoms with Crippen LogP contribution in [0.4, 0.5) is 8.78 Å². The minimum Gasteiger partial charge on any atom is -0.493 e. The molecule has 0 unspecified atom stereocenters. The van der Waals surface area contributed by atoms with Crippen molar-refractivity contribution in [3.05, 3.63) is 52.6 Å². The lowest BCUT2D eigenvalue weighted by molar-refractivity contribution is -0.134. The molecule has 27 heavy (non-hydrogen) atoms. The summed E-state index contributed by atoms with van der Waals surface area (Å²) in [5, 5.41) is 0. The van der Waals surface area contributed by atoms with Crippen LogP contribution in [0.25, 0.3) is 0 Å². The molecule has 2 rings (SSSR count). The highest BCUT2D eigenvalue weighted by atomic mass is 19.3. The van der Waals surface area contributed by atoms with Gasteiger partial charge in [0.25, 0.3) is 6.43 Å². The highest BCUT2D eigenvalue weighted by Crippen LogP contribution is 2.35. The van der Waals surface area contributed by atoms with Gasteiger partial charge in [-0.3, -0.25) is 4.79 Å². The summed E-state index contributed by atoms with van der Waals surface area (Å²) in [7, 11) is 0. The van der Waals surface area contributed by atoms with Crippen molar-refractivity contribution in [2.75, 3.05) is 6.61 Å². The summed E-state index contributed by atoms with van der Waals surface area (Å²) >= 11 is 0. The van der Waals surface area contributed by atoms with Gasteiger partial charge in [0.1, 0.15) is 23.9 Å². The normalized spacial score (nSPS) is 10.8. The molecule has 0 aliphatic rings. The summed E-state index contributed by atoms with van der Waals surface area (Å²) in [4.78, 5) is 11.7. The molecule has 2 aromatic carbocycles. The van der Waals surface area contributed by atoms with E-state index < -0.39 is 12.4 Å². The van der Waals surface area contributed by atoms with E-state index in [4.69, 9.17) is 14.2 Å². The smallest absolute Gasteiger partial charge is 0.310 e. The van der Waals surface area contributed by atoms with Crippen molar-refractivity contribution in [1.29, 1.82) is 0 Å². The molecule has 0 fully saturated rings. The molecule has 0 aliphatic carbocycles. The van der Waals surface area contributed by atoms with Gasteiger partial charge in [0.05, 0.1) is 17.7 Å². The number of carbonyl (C=O) groups is 1. The number of rotatable bonds is 8. The van der Waals surface area contributed by atoms with E-state index in [1.807, 2.05) is 13.8 Å². The van der Waals surface area contributed by atoms with Crippen LogP contribution in [0.15, 0.2) is 30.3 Å². The van der Waals surface area contributed by atoms with E-state index in [2.05, 4.69) is 0 Å². The van der Waals surface area contributed by atoms with Gasteiger partial charge >= 0.3 is 5.97 Å². The highest BCUT2D eigenvalue weighted by Gasteiger charge is 2.19. The van der Waals surface area contributed by atoms with Crippen molar-refractivity contribution in [1.82, 2.24) is 0 Å². The zero-order valence-corrected chi connectivity index (χ0v) is 16.0. The molecule has 0 atom stereocenters. The van der Waals surface area contributed by atoms with Crippen LogP contribution in [0.3, 0.4) is 0 Å². The Balaban J connectivity index is 2.36. The number of hydrogen-bond acceptors (Lipinski definition) is 4. The van der Waals surface area contributed by atoms with E-state index in [0.717, 1.165) is 11.1 Å². The van der Waals surface area contributed by atoms with Gasteiger partial charge < -0.3 is 14.2 Å². The van der Waals surface area contributed by atoms with Crippen LogP contribution in [0.2, 0.25) is 0 Å². The number of esters is 1. The summed E-state index contributed by atoms with van der Waals surface area (Å²) in [6.45, 7) is 7.47. The van der Waals surface area contributed by atoms with Gasteiger partial charge in [-0.25, -0.2) is 8.78 Å². The van der Waals surface area contributed by atoms with E-state index in [-0.39, 0.29) is 24.3 Å². The third kappa shape index (κ3) is 5.18. The van der Waals surface area contributed by atoms with Crippen molar-refractivity contribution in [2.24, 2.45) is 0 Å². The predicted octanol–water partition coefficient (Wildman–Crippen LogP) is 5.53. The van der Waals surface area contributed by atoms with Gasteiger partial charge in [-0.2, -0.15) is 0 Å². The van der Waals surface area contributed by atoms with Gasteiger partial charge in [0, 0.05) is 6.42 Å². The van der Waals surface area contributed by atoms with Gasteiger partial charge in [0.15, 0.2) is 0 Å². The zero-order valence-electron chi connectivity index (χ0n) is 16.0. The summed E-state index contributed by atoms with van der Waals surface area (Å²) < 4.78 is 43.4. The second-order valence-electron chi connectivity index (χ2n) is 6.06. The van der Waals surface area contributed by atoms with Crippen molar-refractivity contribution < 1.29 is 27.8 Å². The number of aryl methyl sites for hydroxylation is 2. The Kier molecular flexibility index (Phi) is 7.16. The summed E-state index contributed by atoms with van der Waals surface area (Å²) in [5.41, 5.74) is 1.95. The van der Waals surface area contributed by atoms with Crippen molar-refractivity contribution >= 4 is 5.97 Å². The minimum atomic E-state index is -2.65. The number of hydrogen-bond donors (Lipinski definition) is 0. The molecule has 2 aromatic rings. The molecule has 0 radical (unpaired) electrons. The first-order valence-electron chi connectivity index (χ1n) is 8.84. The lowest BCUT2D eigenvalue weighted by atomic mass is 10.1. The maximum absolute atomic E-state index is 13.4. The van der Waals surface area contributed by atoms with Crippen LogP contribution in [0.1, 0.15) is 48.9 Å².